The fourth-order valence-electron chi connectivity index (χ4n) is 1.40. The SMILES string of the molecule is CC(C)(C)C(F)(CN)CCCS(C)(=O)=O. The summed E-state index contributed by atoms with van der Waals surface area (Å²) in [5.41, 5.74) is 3.37. The Kier molecular flexibility index (Phi) is 4.73. The normalized spacial score (nSPS) is 17.5. The molecule has 15 heavy (non-hydrogen) atoms. The number of halogens is 1. The number of rotatable bonds is 5. The van der Waals surface area contributed by atoms with Gasteiger partial charge >= 0.3 is 0 Å². The van der Waals surface area contributed by atoms with Crippen LogP contribution < -0.4 is 5.73 Å². The number of hydrogen-bond acceptors (Lipinski definition) is 3. The third kappa shape index (κ3) is 4.93. The van der Waals surface area contributed by atoms with E-state index in [-0.39, 0.29) is 18.7 Å². The molecule has 0 aromatic heterocycles. The summed E-state index contributed by atoms with van der Waals surface area (Å²) in [6, 6.07) is 0. The predicted octanol–water partition coefficient (Wildman–Crippen LogP) is 1.52. The Morgan fingerprint density at radius 1 is 1.27 bits per heavy atom. The van der Waals surface area contributed by atoms with E-state index in [0.29, 0.717) is 6.42 Å². The Morgan fingerprint density at radius 2 is 1.73 bits per heavy atom. The van der Waals surface area contributed by atoms with Crippen molar-refractivity contribution in [2.45, 2.75) is 39.3 Å². The molecule has 92 valence electrons. The van der Waals surface area contributed by atoms with E-state index in [1.54, 1.807) is 20.8 Å². The maximum atomic E-state index is 14.3. The lowest BCUT2D eigenvalue weighted by molar-refractivity contribution is 0.0288. The first-order valence-electron chi connectivity index (χ1n) is 5.08. The molecule has 5 heteroatoms. The summed E-state index contributed by atoms with van der Waals surface area (Å²) in [4.78, 5) is 0. The number of hydrogen-bond donors (Lipinski definition) is 1. The van der Waals surface area contributed by atoms with Gasteiger partial charge in [0, 0.05) is 18.6 Å². The average Bonchev–Trinajstić information content (AvgIpc) is 1.99. The van der Waals surface area contributed by atoms with Crippen LogP contribution in [0, 0.1) is 5.41 Å². The van der Waals surface area contributed by atoms with E-state index in [2.05, 4.69) is 0 Å². The van der Waals surface area contributed by atoms with E-state index in [0.717, 1.165) is 6.26 Å². The largest absolute Gasteiger partial charge is 0.328 e. The number of alkyl halides is 1. The fourth-order valence-corrected chi connectivity index (χ4v) is 2.07. The van der Waals surface area contributed by atoms with Crippen LogP contribution in [0.4, 0.5) is 4.39 Å². The van der Waals surface area contributed by atoms with Crippen molar-refractivity contribution in [1.29, 1.82) is 0 Å². The van der Waals surface area contributed by atoms with Gasteiger partial charge in [0.1, 0.15) is 15.5 Å². The summed E-state index contributed by atoms with van der Waals surface area (Å²) in [6.45, 7) is 5.27. The van der Waals surface area contributed by atoms with E-state index < -0.39 is 20.9 Å². The molecule has 0 heterocycles. The van der Waals surface area contributed by atoms with Gasteiger partial charge in [-0.05, 0) is 18.3 Å². The zero-order chi connectivity index (χ0) is 12.3. The molecule has 0 aromatic carbocycles. The second-order valence-electron chi connectivity index (χ2n) is 5.15. The molecule has 0 saturated heterocycles. The minimum absolute atomic E-state index is 0.0226. The third-order valence-electron chi connectivity index (χ3n) is 2.76. The summed E-state index contributed by atoms with van der Waals surface area (Å²) < 4.78 is 36.1. The van der Waals surface area contributed by atoms with Gasteiger partial charge in [-0.1, -0.05) is 20.8 Å². The van der Waals surface area contributed by atoms with Crippen molar-refractivity contribution >= 4 is 9.84 Å². The van der Waals surface area contributed by atoms with Gasteiger partial charge in [0.25, 0.3) is 0 Å². The molecular weight excluding hydrogens is 217 g/mol. The van der Waals surface area contributed by atoms with Crippen LogP contribution >= 0.6 is 0 Å². The zero-order valence-corrected chi connectivity index (χ0v) is 10.8. The molecule has 0 amide bonds. The monoisotopic (exact) mass is 239 g/mol. The molecule has 0 saturated carbocycles. The van der Waals surface area contributed by atoms with Gasteiger partial charge < -0.3 is 5.73 Å². The van der Waals surface area contributed by atoms with Crippen LogP contribution in [0.2, 0.25) is 0 Å². The fraction of sp³-hybridized carbons (Fsp3) is 1.00. The first kappa shape index (κ1) is 14.8. The van der Waals surface area contributed by atoms with Gasteiger partial charge in [0.2, 0.25) is 0 Å². The minimum Gasteiger partial charge on any atom is -0.328 e. The standard InChI is InChI=1S/C10H22FNO2S/c1-9(2,3)10(11,8-12)6-5-7-15(4,13)14/h5-8,12H2,1-4H3. The highest BCUT2D eigenvalue weighted by atomic mass is 32.2. The van der Waals surface area contributed by atoms with Crippen molar-refractivity contribution in [2.75, 3.05) is 18.6 Å². The quantitative estimate of drug-likeness (QED) is 0.791. The van der Waals surface area contributed by atoms with Crippen molar-refractivity contribution in [1.82, 2.24) is 0 Å². The minimum atomic E-state index is -3.01. The van der Waals surface area contributed by atoms with Crippen molar-refractivity contribution in [3.63, 3.8) is 0 Å². The molecular formula is C10H22FNO2S. The highest BCUT2D eigenvalue weighted by Gasteiger charge is 2.40. The maximum absolute atomic E-state index is 14.3. The second-order valence-corrected chi connectivity index (χ2v) is 7.41. The molecule has 0 radical (unpaired) electrons. The summed E-state index contributed by atoms with van der Waals surface area (Å²) in [7, 11) is -3.01. The van der Waals surface area contributed by atoms with Gasteiger partial charge in [-0.25, -0.2) is 12.8 Å². The Labute approximate surface area is 92.2 Å². The molecule has 1 unspecified atom stereocenters. The van der Waals surface area contributed by atoms with Gasteiger partial charge in [0.05, 0.1) is 0 Å². The third-order valence-corrected chi connectivity index (χ3v) is 3.79. The molecule has 0 aliphatic rings. The zero-order valence-electron chi connectivity index (χ0n) is 10.0. The molecule has 0 aliphatic heterocycles. The van der Waals surface area contributed by atoms with Gasteiger partial charge in [0.15, 0.2) is 0 Å². The number of sulfone groups is 1. The summed E-state index contributed by atoms with van der Waals surface area (Å²) >= 11 is 0. The van der Waals surface area contributed by atoms with E-state index in [1.807, 2.05) is 0 Å². The highest BCUT2D eigenvalue weighted by molar-refractivity contribution is 7.90. The molecule has 3 nitrogen and oxygen atoms in total. The highest BCUT2D eigenvalue weighted by Crippen LogP contribution is 2.37. The van der Waals surface area contributed by atoms with Crippen LogP contribution in [0.15, 0.2) is 0 Å². The molecule has 0 spiro atoms. The smallest absolute Gasteiger partial charge is 0.147 e. The van der Waals surface area contributed by atoms with Crippen molar-refractivity contribution in [2.24, 2.45) is 11.1 Å². The van der Waals surface area contributed by atoms with Gasteiger partial charge in [-0.2, -0.15) is 0 Å². The van der Waals surface area contributed by atoms with Gasteiger partial charge in [-0.3, -0.25) is 0 Å². The molecule has 0 bridgehead atoms. The number of nitrogens with two attached hydrogens (primary N) is 1. The molecule has 2 N–H and O–H groups in total. The second kappa shape index (κ2) is 4.78. The Hall–Kier alpha value is -0.160. The summed E-state index contributed by atoms with van der Waals surface area (Å²) in [6.07, 6.45) is 1.68. The van der Waals surface area contributed by atoms with Crippen molar-refractivity contribution < 1.29 is 12.8 Å². The molecule has 1 atom stereocenters. The van der Waals surface area contributed by atoms with Crippen molar-refractivity contribution in [3.05, 3.63) is 0 Å². The van der Waals surface area contributed by atoms with Crippen LogP contribution in [0.25, 0.3) is 0 Å². The maximum Gasteiger partial charge on any atom is 0.147 e. The molecule has 0 fully saturated rings. The Balaban J connectivity index is 4.36. The van der Waals surface area contributed by atoms with Crippen molar-refractivity contribution in [3.8, 4) is 0 Å². The lowest BCUT2D eigenvalue weighted by atomic mass is 9.75. The molecule has 0 aromatic rings. The topological polar surface area (TPSA) is 60.2 Å². The lowest BCUT2D eigenvalue weighted by Crippen LogP contribution is -2.45. The van der Waals surface area contributed by atoms with Crippen LogP contribution in [0.3, 0.4) is 0 Å². The summed E-state index contributed by atoms with van der Waals surface area (Å²) in [5, 5.41) is 0. The first-order chi connectivity index (χ1) is 6.52. The summed E-state index contributed by atoms with van der Waals surface area (Å²) in [5.74, 6) is 0.0226. The van der Waals surface area contributed by atoms with E-state index in [4.69, 9.17) is 5.73 Å². The average molecular weight is 239 g/mol. The Bertz CT molecular complexity index is 295. The molecule has 0 rings (SSSR count). The van der Waals surface area contributed by atoms with E-state index in [1.165, 1.54) is 0 Å². The van der Waals surface area contributed by atoms with Crippen LogP contribution in [-0.2, 0) is 9.84 Å². The predicted molar refractivity (Wildman–Crippen MR) is 61.3 cm³/mol. The molecule has 0 aliphatic carbocycles. The van der Waals surface area contributed by atoms with E-state index >= 15 is 0 Å². The van der Waals surface area contributed by atoms with Gasteiger partial charge in [-0.15, -0.1) is 0 Å². The van der Waals surface area contributed by atoms with Crippen LogP contribution in [0.1, 0.15) is 33.6 Å². The first-order valence-corrected chi connectivity index (χ1v) is 7.15. The Morgan fingerprint density at radius 3 is 2.00 bits per heavy atom. The van der Waals surface area contributed by atoms with Crippen LogP contribution in [0.5, 0.6) is 0 Å². The lowest BCUT2D eigenvalue weighted by Gasteiger charge is -2.37. The van der Waals surface area contributed by atoms with Crippen LogP contribution in [-0.4, -0.2) is 32.6 Å². The van der Waals surface area contributed by atoms with E-state index in [9.17, 15) is 12.8 Å².